The molecule has 0 bridgehead atoms. The molecule has 0 unspecified atom stereocenters. The molecular weight excluding hydrogens is 337 g/mol. The van der Waals surface area contributed by atoms with Crippen molar-refractivity contribution in [2.24, 2.45) is 5.16 Å². The third kappa shape index (κ3) is 5.41. The number of oxime groups is 1. The first kappa shape index (κ1) is 19.1. The maximum absolute atomic E-state index is 13.5. The summed E-state index contributed by atoms with van der Waals surface area (Å²) in [5.74, 6) is -1.62. The Kier molecular flexibility index (Phi) is 6.43. The number of carbonyl (C=O) groups is 2. The zero-order valence-electron chi connectivity index (χ0n) is 14.7. The highest BCUT2D eigenvalue weighted by Gasteiger charge is 2.16. The highest BCUT2D eigenvalue weighted by molar-refractivity contribution is 6.31. The number of hydrogen-bond donors (Lipinski definition) is 2. The average Bonchev–Trinajstić information content (AvgIpc) is 2.59. The maximum atomic E-state index is 13.5. The van der Waals surface area contributed by atoms with Crippen molar-refractivity contribution in [1.82, 2.24) is 0 Å². The minimum absolute atomic E-state index is 0.0459. The standard InChI is InChI=1S/C19H20FN3O3/c1-12-8-9-16(13(2)10-12)22-18(24)11-21-26-14(3)19(25)23-17-7-5-4-6-15(17)20/h4-11,14H,1-3H3,(H,22,24)(H,23,25)/b21-11-/t14-/m0/s1. The van der Waals surface area contributed by atoms with Crippen LogP contribution >= 0.6 is 0 Å². The van der Waals surface area contributed by atoms with E-state index in [-0.39, 0.29) is 5.69 Å². The van der Waals surface area contributed by atoms with Gasteiger partial charge in [-0.15, -0.1) is 0 Å². The Labute approximate surface area is 151 Å². The van der Waals surface area contributed by atoms with E-state index in [9.17, 15) is 14.0 Å². The molecule has 0 aliphatic rings. The lowest BCUT2D eigenvalue weighted by atomic mass is 10.1. The first-order valence-corrected chi connectivity index (χ1v) is 7.99. The molecule has 0 radical (unpaired) electrons. The van der Waals surface area contributed by atoms with Crippen molar-refractivity contribution in [2.45, 2.75) is 26.9 Å². The predicted octanol–water partition coefficient (Wildman–Crippen LogP) is 3.41. The second-order valence-electron chi connectivity index (χ2n) is 5.76. The molecule has 0 aliphatic carbocycles. The van der Waals surface area contributed by atoms with Crippen LogP contribution in [0.1, 0.15) is 18.1 Å². The molecular formula is C19H20FN3O3. The molecule has 0 saturated carbocycles. The van der Waals surface area contributed by atoms with E-state index in [1.165, 1.54) is 25.1 Å². The van der Waals surface area contributed by atoms with Gasteiger partial charge in [-0.25, -0.2) is 4.39 Å². The number of carbonyl (C=O) groups excluding carboxylic acids is 2. The van der Waals surface area contributed by atoms with Crippen molar-refractivity contribution in [3.8, 4) is 0 Å². The fourth-order valence-corrected chi connectivity index (χ4v) is 2.13. The van der Waals surface area contributed by atoms with Crippen LogP contribution in [0.3, 0.4) is 0 Å². The summed E-state index contributed by atoms with van der Waals surface area (Å²) in [6.45, 7) is 5.28. The predicted molar refractivity (Wildman–Crippen MR) is 98.6 cm³/mol. The number of anilines is 2. The van der Waals surface area contributed by atoms with Crippen LogP contribution in [-0.2, 0) is 14.4 Å². The summed E-state index contributed by atoms with van der Waals surface area (Å²) in [7, 11) is 0. The number of benzene rings is 2. The van der Waals surface area contributed by atoms with Gasteiger partial charge < -0.3 is 15.5 Å². The van der Waals surface area contributed by atoms with Gasteiger partial charge in [-0.1, -0.05) is 35.0 Å². The number of nitrogens with one attached hydrogen (secondary N) is 2. The Hall–Kier alpha value is -3.22. The Bertz CT molecular complexity index is 837. The van der Waals surface area contributed by atoms with Crippen LogP contribution in [-0.4, -0.2) is 24.1 Å². The van der Waals surface area contributed by atoms with Crippen molar-refractivity contribution in [3.05, 3.63) is 59.4 Å². The number of amides is 2. The average molecular weight is 357 g/mol. The highest BCUT2D eigenvalue weighted by atomic mass is 19.1. The smallest absolute Gasteiger partial charge is 0.270 e. The van der Waals surface area contributed by atoms with Crippen LogP contribution in [0.15, 0.2) is 47.6 Å². The van der Waals surface area contributed by atoms with Gasteiger partial charge in [0.05, 0.1) is 5.69 Å². The molecule has 2 aromatic carbocycles. The van der Waals surface area contributed by atoms with E-state index in [1.807, 2.05) is 26.0 Å². The van der Waals surface area contributed by atoms with E-state index in [2.05, 4.69) is 15.8 Å². The molecule has 7 heteroatoms. The molecule has 0 spiro atoms. The second kappa shape index (κ2) is 8.75. The number of nitrogens with zero attached hydrogens (tertiary/aromatic N) is 1. The van der Waals surface area contributed by atoms with Crippen LogP contribution < -0.4 is 10.6 Å². The minimum Gasteiger partial charge on any atom is -0.383 e. The van der Waals surface area contributed by atoms with Crippen LogP contribution in [0.5, 0.6) is 0 Å². The Morgan fingerprint density at radius 2 is 1.85 bits per heavy atom. The molecule has 26 heavy (non-hydrogen) atoms. The van der Waals surface area contributed by atoms with Gasteiger partial charge in [-0.05, 0) is 44.5 Å². The fourth-order valence-electron chi connectivity index (χ4n) is 2.13. The van der Waals surface area contributed by atoms with E-state index in [1.54, 1.807) is 12.1 Å². The topological polar surface area (TPSA) is 79.8 Å². The third-order valence-electron chi connectivity index (χ3n) is 3.53. The summed E-state index contributed by atoms with van der Waals surface area (Å²) >= 11 is 0. The van der Waals surface area contributed by atoms with E-state index in [0.29, 0.717) is 5.69 Å². The lowest BCUT2D eigenvalue weighted by molar-refractivity contribution is -0.126. The SMILES string of the molecule is Cc1ccc(NC(=O)/C=N\O[C@@H](C)C(=O)Nc2ccccc2F)c(C)c1. The van der Waals surface area contributed by atoms with Gasteiger partial charge in [-0.2, -0.15) is 0 Å². The fraction of sp³-hybridized carbons (Fsp3) is 0.211. The number of para-hydroxylation sites is 1. The zero-order valence-corrected chi connectivity index (χ0v) is 14.7. The normalized spacial score (nSPS) is 11.8. The summed E-state index contributed by atoms with van der Waals surface area (Å²) in [6.07, 6.45) is -0.0635. The highest BCUT2D eigenvalue weighted by Crippen LogP contribution is 2.15. The summed E-state index contributed by atoms with van der Waals surface area (Å²) in [5, 5.41) is 8.56. The first-order chi connectivity index (χ1) is 12.4. The number of rotatable bonds is 6. The van der Waals surface area contributed by atoms with Gasteiger partial charge in [0.25, 0.3) is 11.8 Å². The number of hydrogen-bond acceptors (Lipinski definition) is 4. The summed E-state index contributed by atoms with van der Waals surface area (Å²) in [5.41, 5.74) is 2.72. The largest absolute Gasteiger partial charge is 0.383 e. The summed E-state index contributed by atoms with van der Waals surface area (Å²) in [4.78, 5) is 28.7. The lowest BCUT2D eigenvalue weighted by Crippen LogP contribution is -2.27. The molecule has 2 amide bonds. The first-order valence-electron chi connectivity index (χ1n) is 7.99. The molecule has 1 atom stereocenters. The van der Waals surface area contributed by atoms with Crippen LogP contribution in [0, 0.1) is 19.7 Å². The van der Waals surface area contributed by atoms with Gasteiger partial charge in [-0.3, -0.25) is 9.59 Å². The minimum atomic E-state index is -1.00. The molecule has 0 heterocycles. The van der Waals surface area contributed by atoms with Crippen molar-refractivity contribution in [2.75, 3.05) is 10.6 Å². The zero-order chi connectivity index (χ0) is 19.1. The second-order valence-corrected chi connectivity index (χ2v) is 5.76. The maximum Gasteiger partial charge on any atom is 0.270 e. The third-order valence-corrected chi connectivity index (χ3v) is 3.53. The molecule has 0 saturated heterocycles. The van der Waals surface area contributed by atoms with E-state index in [0.717, 1.165) is 17.3 Å². The van der Waals surface area contributed by atoms with Gasteiger partial charge in [0.15, 0.2) is 0 Å². The summed E-state index contributed by atoms with van der Waals surface area (Å²) < 4.78 is 13.5. The van der Waals surface area contributed by atoms with Crippen molar-refractivity contribution in [1.29, 1.82) is 0 Å². The van der Waals surface area contributed by atoms with E-state index >= 15 is 0 Å². The molecule has 136 valence electrons. The van der Waals surface area contributed by atoms with Gasteiger partial charge in [0.2, 0.25) is 6.10 Å². The molecule has 0 aromatic heterocycles. The molecule has 0 aliphatic heterocycles. The molecule has 0 fully saturated rings. The monoisotopic (exact) mass is 357 g/mol. The van der Waals surface area contributed by atoms with Crippen molar-refractivity contribution in [3.63, 3.8) is 0 Å². The lowest BCUT2D eigenvalue weighted by Gasteiger charge is -2.11. The van der Waals surface area contributed by atoms with Crippen LogP contribution in [0.25, 0.3) is 0 Å². The Balaban J connectivity index is 1.85. The quantitative estimate of drug-likeness (QED) is 0.614. The molecule has 2 rings (SSSR count). The van der Waals surface area contributed by atoms with Crippen LogP contribution in [0.4, 0.5) is 15.8 Å². The van der Waals surface area contributed by atoms with Crippen LogP contribution in [0.2, 0.25) is 0 Å². The van der Waals surface area contributed by atoms with Crippen molar-refractivity contribution >= 4 is 29.4 Å². The number of aryl methyl sites for hydroxylation is 2. The number of halogens is 1. The Morgan fingerprint density at radius 3 is 2.54 bits per heavy atom. The van der Waals surface area contributed by atoms with Gasteiger partial charge in [0.1, 0.15) is 12.0 Å². The summed E-state index contributed by atoms with van der Waals surface area (Å²) in [6, 6.07) is 11.4. The van der Waals surface area contributed by atoms with Crippen molar-refractivity contribution < 1.29 is 18.8 Å². The molecule has 2 aromatic rings. The molecule has 6 nitrogen and oxygen atoms in total. The van der Waals surface area contributed by atoms with E-state index < -0.39 is 23.7 Å². The molecule has 2 N–H and O–H groups in total. The Morgan fingerprint density at radius 1 is 1.12 bits per heavy atom. The van der Waals surface area contributed by atoms with Gasteiger partial charge >= 0.3 is 0 Å². The van der Waals surface area contributed by atoms with E-state index in [4.69, 9.17) is 4.84 Å². The van der Waals surface area contributed by atoms with Gasteiger partial charge in [0, 0.05) is 5.69 Å².